The van der Waals surface area contributed by atoms with E-state index in [2.05, 4.69) is 25.3 Å². The standard InChI is InChI=1S/C12H11F3N4O/c1-16-10-6-11(18-7-17-10)19-8-2-4-9(5-3-8)20-12(13,14)15/h2-7H,1H3,(H2,16,17,18,19). The number of anilines is 3. The highest BCUT2D eigenvalue weighted by atomic mass is 19.4. The minimum atomic E-state index is -4.69. The number of hydrogen-bond acceptors (Lipinski definition) is 5. The molecule has 0 aliphatic carbocycles. The second kappa shape index (κ2) is 5.64. The van der Waals surface area contributed by atoms with Gasteiger partial charge in [-0.1, -0.05) is 0 Å². The first-order valence-corrected chi connectivity index (χ1v) is 5.59. The Kier molecular flexibility index (Phi) is 3.92. The van der Waals surface area contributed by atoms with Crippen LogP contribution in [0.1, 0.15) is 0 Å². The Bertz CT molecular complexity index is 572. The van der Waals surface area contributed by atoms with Crippen LogP contribution in [0.5, 0.6) is 5.75 Å². The van der Waals surface area contributed by atoms with Gasteiger partial charge in [0.1, 0.15) is 23.7 Å². The lowest BCUT2D eigenvalue weighted by molar-refractivity contribution is -0.274. The van der Waals surface area contributed by atoms with E-state index in [1.165, 1.54) is 30.6 Å². The first-order chi connectivity index (χ1) is 9.46. The van der Waals surface area contributed by atoms with Crippen LogP contribution in [-0.2, 0) is 0 Å². The van der Waals surface area contributed by atoms with Crippen molar-refractivity contribution in [2.24, 2.45) is 0 Å². The lowest BCUT2D eigenvalue weighted by Gasteiger charge is -2.10. The van der Waals surface area contributed by atoms with Crippen LogP contribution in [-0.4, -0.2) is 23.4 Å². The third-order valence-corrected chi connectivity index (χ3v) is 2.28. The van der Waals surface area contributed by atoms with Gasteiger partial charge in [0, 0.05) is 18.8 Å². The summed E-state index contributed by atoms with van der Waals surface area (Å²) >= 11 is 0. The molecule has 1 aromatic carbocycles. The van der Waals surface area contributed by atoms with Crippen molar-refractivity contribution in [3.8, 4) is 5.75 Å². The summed E-state index contributed by atoms with van der Waals surface area (Å²) in [4.78, 5) is 7.94. The summed E-state index contributed by atoms with van der Waals surface area (Å²) in [5, 5.41) is 5.79. The van der Waals surface area contributed by atoms with Crippen molar-refractivity contribution in [1.29, 1.82) is 0 Å². The Morgan fingerprint density at radius 1 is 1.05 bits per heavy atom. The summed E-state index contributed by atoms with van der Waals surface area (Å²) in [5.41, 5.74) is 0.584. The van der Waals surface area contributed by atoms with E-state index in [1.807, 2.05) is 0 Å². The third-order valence-electron chi connectivity index (χ3n) is 2.28. The molecule has 1 heterocycles. The molecular formula is C12H11F3N4O. The van der Waals surface area contributed by atoms with Crippen molar-refractivity contribution in [3.63, 3.8) is 0 Å². The number of alkyl halides is 3. The van der Waals surface area contributed by atoms with Crippen molar-refractivity contribution in [2.45, 2.75) is 6.36 Å². The number of rotatable bonds is 4. The zero-order valence-corrected chi connectivity index (χ0v) is 10.4. The Morgan fingerprint density at radius 2 is 1.70 bits per heavy atom. The van der Waals surface area contributed by atoms with Gasteiger partial charge in [-0.25, -0.2) is 9.97 Å². The fourth-order valence-electron chi connectivity index (χ4n) is 1.45. The average Bonchev–Trinajstić information content (AvgIpc) is 2.40. The fraction of sp³-hybridized carbons (Fsp3) is 0.167. The van der Waals surface area contributed by atoms with E-state index in [4.69, 9.17) is 0 Å². The molecule has 8 heteroatoms. The van der Waals surface area contributed by atoms with E-state index in [0.29, 0.717) is 17.3 Å². The van der Waals surface area contributed by atoms with E-state index in [-0.39, 0.29) is 5.75 Å². The van der Waals surface area contributed by atoms with Gasteiger partial charge < -0.3 is 15.4 Å². The molecule has 0 amide bonds. The minimum Gasteiger partial charge on any atom is -0.406 e. The summed E-state index contributed by atoms with van der Waals surface area (Å²) in [6.07, 6.45) is -3.32. The molecule has 2 rings (SSSR count). The predicted octanol–water partition coefficient (Wildman–Crippen LogP) is 3.16. The predicted molar refractivity (Wildman–Crippen MR) is 68.0 cm³/mol. The number of ether oxygens (including phenoxy) is 1. The van der Waals surface area contributed by atoms with Gasteiger partial charge in [0.2, 0.25) is 0 Å². The first kappa shape index (κ1) is 13.9. The number of benzene rings is 1. The molecule has 0 spiro atoms. The summed E-state index contributed by atoms with van der Waals surface area (Å²) in [7, 11) is 1.72. The molecule has 0 atom stereocenters. The highest BCUT2D eigenvalue weighted by Gasteiger charge is 2.30. The van der Waals surface area contributed by atoms with Crippen molar-refractivity contribution >= 4 is 17.3 Å². The molecule has 5 nitrogen and oxygen atoms in total. The molecule has 20 heavy (non-hydrogen) atoms. The van der Waals surface area contributed by atoms with Gasteiger partial charge in [0.15, 0.2) is 0 Å². The van der Waals surface area contributed by atoms with E-state index >= 15 is 0 Å². The van der Waals surface area contributed by atoms with Gasteiger partial charge in [-0.05, 0) is 24.3 Å². The quantitative estimate of drug-likeness (QED) is 0.903. The minimum absolute atomic E-state index is 0.276. The highest BCUT2D eigenvalue weighted by Crippen LogP contribution is 2.25. The second-order valence-electron chi connectivity index (χ2n) is 3.74. The summed E-state index contributed by atoms with van der Waals surface area (Å²) in [6, 6.07) is 7.02. The summed E-state index contributed by atoms with van der Waals surface area (Å²) in [6.45, 7) is 0. The summed E-state index contributed by atoms with van der Waals surface area (Å²) in [5.74, 6) is 0.870. The van der Waals surface area contributed by atoms with Gasteiger partial charge in [0.25, 0.3) is 0 Å². The topological polar surface area (TPSA) is 59.1 Å². The smallest absolute Gasteiger partial charge is 0.406 e. The zero-order chi connectivity index (χ0) is 14.6. The van der Waals surface area contributed by atoms with Crippen LogP contribution in [0.15, 0.2) is 36.7 Å². The average molecular weight is 284 g/mol. The third kappa shape index (κ3) is 4.01. The lowest BCUT2D eigenvalue weighted by Crippen LogP contribution is -2.16. The van der Waals surface area contributed by atoms with Crippen molar-refractivity contribution in [2.75, 3.05) is 17.7 Å². The largest absolute Gasteiger partial charge is 0.573 e. The maximum Gasteiger partial charge on any atom is 0.573 e. The van der Waals surface area contributed by atoms with Crippen LogP contribution < -0.4 is 15.4 Å². The molecule has 2 aromatic rings. The SMILES string of the molecule is CNc1cc(Nc2ccc(OC(F)(F)F)cc2)ncn1. The monoisotopic (exact) mass is 284 g/mol. The molecule has 0 aliphatic rings. The molecule has 0 bridgehead atoms. The van der Waals surface area contributed by atoms with Crippen LogP contribution in [0.4, 0.5) is 30.5 Å². The van der Waals surface area contributed by atoms with Crippen molar-refractivity contribution in [3.05, 3.63) is 36.7 Å². The zero-order valence-electron chi connectivity index (χ0n) is 10.4. The van der Waals surface area contributed by atoms with Crippen molar-refractivity contribution < 1.29 is 17.9 Å². The van der Waals surface area contributed by atoms with Crippen LogP contribution in [0, 0.1) is 0 Å². The van der Waals surface area contributed by atoms with E-state index in [9.17, 15) is 13.2 Å². The number of nitrogens with one attached hydrogen (secondary N) is 2. The van der Waals surface area contributed by atoms with Crippen molar-refractivity contribution in [1.82, 2.24) is 9.97 Å². The van der Waals surface area contributed by atoms with Crippen LogP contribution in [0.25, 0.3) is 0 Å². The molecule has 0 saturated heterocycles. The number of aromatic nitrogens is 2. The molecule has 0 aliphatic heterocycles. The molecule has 106 valence electrons. The Labute approximate surface area is 112 Å². The van der Waals surface area contributed by atoms with Crippen LogP contribution in [0.3, 0.4) is 0 Å². The maximum absolute atomic E-state index is 12.0. The molecule has 0 saturated carbocycles. The molecule has 1 aromatic heterocycles. The Morgan fingerprint density at radius 3 is 2.30 bits per heavy atom. The van der Waals surface area contributed by atoms with Crippen LogP contribution in [0.2, 0.25) is 0 Å². The fourth-order valence-corrected chi connectivity index (χ4v) is 1.45. The summed E-state index contributed by atoms with van der Waals surface area (Å²) < 4.78 is 39.8. The lowest BCUT2D eigenvalue weighted by atomic mass is 10.3. The molecule has 2 N–H and O–H groups in total. The highest BCUT2D eigenvalue weighted by molar-refractivity contribution is 5.59. The van der Waals surface area contributed by atoms with Gasteiger partial charge in [-0.15, -0.1) is 13.2 Å². The van der Waals surface area contributed by atoms with Gasteiger partial charge in [0.05, 0.1) is 0 Å². The number of halogens is 3. The normalized spacial score (nSPS) is 11.0. The molecule has 0 radical (unpaired) electrons. The number of hydrogen-bond donors (Lipinski definition) is 2. The van der Waals surface area contributed by atoms with Gasteiger partial charge in [-0.2, -0.15) is 0 Å². The maximum atomic E-state index is 12.0. The first-order valence-electron chi connectivity index (χ1n) is 5.59. The van der Waals surface area contributed by atoms with E-state index in [1.54, 1.807) is 13.1 Å². The van der Waals surface area contributed by atoms with E-state index in [0.717, 1.165) is 0 Å². The number of nitrogens with zero attached hydrogens (tertiary/aromatic N) is 2. The second-order valence-corrected chi connectivity index (χ2v) is 3.74. The van der Waals surface area contributed by atoms with Gasteiger partial charge in [-0.3, -0.25) is 0 Å². The molecule has 0 fully saturated rings. The molecule has 0 unspecified atom stereocenters. The van der Waals surface area contributed by atoms with Gasteiger partial charge >= 0.3 is 6.36 Å². The van der Waals surface area contributed by atoms with E-state index < -0.39 is 6.36 Å². The molecular weight excluding hydrogens is 273 g/mol. The Hall–Kier alpha value is -2.51. The van der Waals surface area contributed by atoms with Crippen LogP contribution >= 0.6 is 0 Å². The Balaban J connectivity index is 2.06.